The van der Waals surface area contributed by atoms with Gasteiger partial charge in [0.1, 0.15) is 0 Å². The van der Waals surface area contributed by atoms with Crippen LogP contribution in [-0.4, -0.2) is 26.9 Å². The number of benzene rings is 2. The van der Waals surface area contributed by atoms with E-state index in [0.717, 1.165) is 12.4 Å². The second-order valence-electron chi connectivity index (χ2n) is 4.58. The summed E-state index contributed by atoms with van der Waals surface area (Å²) >= 11 is 2.50. The standard InChI is InChI=1S/C8H9NO3.C7H5AsO/c1-6(10)7-4-2-3-5-8(7)9(11)12;8-6-3-5-1-2-7(6)9-4-5/h2-6,10H,1H3;1-3H,4H2. The molecule has 4 rings (SSSR count). The van der Waals surface area contributed by atoms with E-state index in [1.807, 2.05) is 6.07 Å². The molecule has 0 aliphatic carbocycles. The Morgan fingerprint density at radius 1 is 1.33 bits per heavy atom. The first kappa shape index (κ1) is 15.5. The first-order valence-corrected chi connectivity index (χ1v) is 7.29. The van der Waals surface area contributed by atoms with Gasteiger partial charge in [-0.25, -0.2) is 0 Å². The third kappa shape index (κ3) is 3.84. The Labute approximate surface area is 131 Å². The molecule has 1 unspecified atom stereocenters. The fraction of sp³-hybridized carbons (Fsp3) is 0.200. The van der Waals surface area contributed by atoms with Crippen LogP contribution in [0.4, 0.5) is 5.69 Å². The van der Waals surface area contributed by atoms with Gasteiger partial charge >= 0.3 is 62.1 Å². The number of para-hydroxylation sites is 1. The van der Waals surface area contributed by atoms with E-state index < -0.39 is 11.0 Å². The predicted octanol–water partition coefficient (Wildman–Crippen LogP) is 2.02. The van der Waals surface area contributed by atoms with Crippen LogP contribution in [0.15, 0.2) is 42.5 Å². The maximum absolute atomic E-state index is 10.4. The number of nitro benzene ring substituents is 1. The summed E-state index contributed by atoms with van der Waals surface area (Å²) in [6.45, 7) is 2.26. The number of nitro groups is 1. The summed E-state index contributed by atoms with van der Waals surface area (Å²) in [5.74, 6) is 1.00. The fourth-order valence-electron chi connectivity index (χ4n) is 1.94. The molecule has 0 amide bonds. The number of fused-ring (bicyclic) bond motifs is 3. The van der Waals surface area contributed by atoms with Gasteiger partial charge in [0, 0.05) is 6.07 Å². The Morgan fingerprint density at radius 2 is 2.05 bits per heavy atom. The van der Waals surface area contributed by atoms with Crippen molar-refractivity contribution in [2.45, 2.75) is 19.6 Å². The van der Waals surface area contributed by atoms with Crippen molar-refractivity contribution in [2.75, 3.05) is 0 Å². The molecule has 2 bridgehead atoms. The molecule has 6 heteroatoms. The summed E-state index contributed by atoms with van der Waals surface area (Å²) in [6, 6.07) is 12.4. The van der Waals surface area contributed by atoms with Gasteiger partial charge in [-0.15, -0.1) is 0 Å². The van der Waals surface area contributed by atoms with Crippen LogP contribution < -0.4 is 9.09 Å². The topological polar surface area (TPSA) is 72.6 Å². The van der Waals surface area contributed by atoms with Crippen molar-refractivity contribution in [3.63, 3.8) is 0 Å². The van der Waals surface area contributed by atoms with Gasteiger partial charge in [0.05, 0.1) is 16.6 Å². The van der Waals surface area contributed by atoms with E-state index in [-0.39, 0.29) is 5.69 Å². The van der Waals surface area contributed by atoms with E-state index in [4.69, 9.17) is 9.84 Å². The van der Waals surface area contributed by atoms with E-state index in [1.165, 1.54) is 22.9 Å². The van der Waals surface area contributed by atoms with Gasteiger partial charge in [0.25, 0.3) is 5.69 Å². The van der Waals surface area contributed by atoms with Crippen LogP contribution in [0.2, 0.25) is 0 Å². The molecule has 0 spiro atoms. The summed E-state index contributed by atoms with van der Waals surface area (Å²) in [6.07, 6.45) is -0.799. The van der Waals surface area contributed by atoms with Crippen LogP contribution >= 0.6 is 0 Å². The summed E-state index contributed by atoms with van der Waals surface area (Å²) in [7, 11) is 0. The van der Waals surface area contributed by atoms with E-state index in [0.29, 0.717) is 5.56 Å². The van der Waals surface area contributed by atoms with E-state index >= 15 is 0 Å². The zero-order valence-corrected chi connectivity index (χ0v) is 13.3. The van der Waals surface area contributed by atoms with Gasteiger partial charge in [-0.3, -0.25) is 10.1 Å². The quantitative estimate of drug-likeness (QED) is 0.513. The van der Waals surface area contributed by atoms with Crippen LogP contribution in [0.1, 0.15) is 24.2 Å². The van der Waals surface area contributed by atoms with E-state index in [9.17, 15) is 10.1 Å². The number of aliphatic hydroxyl groups excluding tert-OH is 1. The molecule has 1 atom stereocenters. The molecule has 5 nitrogen and oxygen atoms in total. The van der Waals surface area contributed by atoms with Crippen LogP contribution in [0, 0.1) is 10.1 Å². The number of ether oxygens (including phenoxy) is 1. The number of hydrogen-bond donors (Lipinski definition) is 1. The van der Waals surface area contributed by atoms with Gasteiger partial charge in [0.2, 0.25) is 0 Å². The summed E-state index contributed by atoms with van der Waals surface area (Å²) in [4.78, 5) is 9.92. The zero-order chi connectivity index (χ0) is 15.4. The van der Waals surface area contributed by atoms with Crippen molar-refractivity contribution < 1.29 is 14.8 Å². The molecule has 0 saturated carbocycles. The van der Waals surface area contributed by atoms with Crippen LogP contribution in [0.5, 0.6) is 5.75 Å². The molecule has 0 aromatic heterocycles. The Balaban J connectivity index is 0.000000159. The number of rotatable bonds is 2. The van der Waals surface area contributed by atoms with Gasteiger partial charge in [0.15, 0.2) is 0 Å². The van der Waals surface area contributed by atoms with Gasteiger partial charge in [-0.05, 0) is 13.0 Å². The molecular weight excluding hydrogens is 333 g/mol. The predicted molar refractivity (Wildman–Crippen MR) is 79.9 cm³/mol. The summed E-state index contributed by atoms with van der Waals surface area (Å²) in [5.41, 5.74) is 1.58. The number of aliphatic hydroxyl groups is 1. The summed E-state index contributed by atoms with van der Waals surface area (Å²) < 4.78 is 6.48. The van der Waals surface area contributed by atoms with Crippen LogP contribution in [0.25, 0.3) is 0 Å². The first-order valence-electron chi connectivity index (χ1n) is 6.35. The third-order valence-electron chi connectivity index (χ3n) is 3.00. The molecule has 2 radical (unpaired) electrons. The second-order valence-corrected chi connectivity index (χ2v) is 5.59. The van der Waals surface area contributed by atoms with E-state index in [1.54, 1.807) is 18.2 Å². The fourth-order valence-corrected chi connectivity index (χ4v) is 2.58. The Morgan fingerprint density at radius 3 is 2.38 bits per heavy atom. The van der Waals surface area contributed by atoms with Crippen LogP contribution in [-0.2, 0) is 6.61 Å². The van der Waals surface area contributed by atoms with Gasteiger partial charge in [-0.2, -0.15) is 0 Å². The van der Waals surface area contributed by atoms with Gasteiger partial charge in [-0.1, -0.05) is 12.1 Å². The second kappa shape index (κ2) is 6.74. The van der Waals surface area contributed by atoms with Crippen LogP contribution in [0.3, 0.4) is 0 Å². The van der Waals surface area contributed by atoms with Crippen molar-refractivity contribution in [3.05, 3.63) is 63.7 Å². The SMILES string of the molecule is CC(O)c1ccccc1[N+](=O)[O-].[As]c1cc2ccc1OC2. The molecule has 0 fully saturated rings. The average Bonchev–Trinajstić information content (AvgIpc) is 2.49. The summed E-state index contributed by atoms with van der Waals surface area (Å²) in [5, 5.41) is 19.6. The normalized spacial score (nSPS) is 12.9. The monoisotopic (exact) mass is 347 g/mol. The Kier molecular flexibility index (Phi) is 4.99. The van der Waals surface area contributed by atoms with Crippen molar-refractivity contribution >= 4 is 26.9 Å². The molecule has 0 saturated heterocycles. The number of nitrogens with zero attached hydrogens (tertiary/aromatic N) is 1. The minimum absolute atomic E-state index is 0.0347. The number of hydrogen-bond acceptors (Lipinski definition) is 4. The molecule has 2 aromatic carbocycles. The Hall–Kier alpha value is -1.84. The third-order valence-corrected chi connectivity index (χ3v) is 3.73. The van der Waals surface area contributed by atoms with Crippen molar-refractivity contribution in [1.82, 2.24) is 0 Å². The maximum atomic E-state index is 10.4. The molecule has 2 aliphatic heterocycles. The average molecular weight is 347 g/mol. The Bertz CT molecular complexity index is 658. The molecular formula is C15H14AsNO4. The minimum atomic E-state index is -0.799. The van der Waals surface area contributed by atoms with Gasteiger partial charge < -0.3 is 5.11 Å². The molecule has 1 N–H and O–H groups in total. The first-order chi connectivity index (χ1) is 9.99. The van der Waals surface area contributed by atoms with E-state index in [2.05, 4.69) is 29.0 Å². The van der Waals surface area contributed by atoms with Crippen molar-refractivity contribution in [1.29, 1.82) is 0 Å². The molecule has 2 heterocycles. The molecule has 21 heavy (non-hydrogen) atoms. The van der Waals surface area contributed by atoms with Crippen molar-refractivity contribution in [3.8, 4) is 5.75 Å². The van der Waals surface area contributed by atoms with Crippen molar-refractivity contribution in [2.24, 2.45) is 0 Å². The molecule has 2 aromatic rings. The molecule has 108 valence electrons. The molecule has 2 aliphatic rings. The zero-order valence-electron chi connectivity index (χ0n) is 11.4.